The predicted octanol–water partition coefficient (Wildman–Crippen LogP) is 3.33. The van der Waals surface area contributed by atoms with Crippen LogP contribution in [0.15, 0.2) is 45.9 Å². The molecule has 0 aliphatic carbocycles. The van der Waals surface area contributed by atoms with Crippen molar-refractivity contribution in [2.45, 2.75) is 4.90 Å². The van der Waals surface area contributed by atoms with E-state index < -0.39 is 0 Å². The summed E-state index contributed by atoms with van der Waals surface area (Å²) >= 11 is 1.68. The Morgan fingerprint density at radius 3 is 2.70 bits per heavy atom. The summed E-state index contributed by atoms with van der Waals surface area (Å²) in [6, 6.07) is 11.6. The zero-order valence-electron chi connectivity index (χ0n) is 10.6. The van der Waals surface area contributed by atoms with Crippen LogP contribution in [0.2, 0.25) is 0 Å². The second kappa shape index (κ2) is 5.23. The van der Waals surface area contributed by atoms with Gasteiger partial charge in [0.25, 0.3) is 5.89 Å². The number of rotatable bonds is 3. The van der Waals surface area contributed by atoms with E-state index in [1.165, 1.54) is 4.90 Å². The maximum atomic E-state index is 8.78. The van der Waals surface area contributed by atoms with Crippen molar-refractivity contribution in [3.63, 3.8) is 0 Å². The summed E-state index contributed by atoms with van der Waals surface area (Å²) in [5, 5.41) is 12.7. The Hall–Kier alpha value is -2.52. The maximum Gasteiger partial charge on any atom is 0.259 e. The molecule has 6 heteroatoms. The summed E-state index contributed by atoms with van der Waals surface area (Å²) in [6.07, 6.45) is 3.70. The van der Waals surface area contributed by atoms with Crippen molar-refractivity contribution in [1.82, 2.24) is 15.1 Å². The summed E-state index contributed by atoms with van der Waals surface area (Å²) in [5.41, 5.74) is 2.07. The number of aromatic amines is 1. The van der Waals surface area contributed by atoms with Crippen molar-refractivity contribution in [2.75, 3.05) is 6.26 Å². The van der Waals surface area contributed by atoms with Gasteiger partial charge in [-0.25, -0.2) is 0 Å². The number of aromatic nitrogens is 3. The standard InChI is InChI=1S/C14H10N4OS/c1-20-12-4-2-9(3-5-12)13-17-14(19-18-13)10-6-11(7-15)16-8-10/h2-6,8,16H,1H3. The van der Waals surface area contributed by atoms with E-state index in [1.54, 1.807) is 24.0 Å². The second-order valence-corrected chi connectivity index (χ2v) is 4.95. The summed E-state index contributed by atoms with van der Waals surface area (Å²) in [6.45, 7) is 0. The molecule has 2 aromatic heterocycles. The molecular weight excluding hydrogens is 272 g/mol. The molecule has 0 amide bonds. The van der Waals surface area contributed by atoms with E-state index in [1.807, 2.05) is 36.6 Å². The molecule has 98 valence electrons. The summed E-state index contributed by atoms with van der Waals surface area (Å²) in [5.74, 6) is 0.930. The van der Waals surface area contributed by atoms with E-state index in [0.29, 0.717) is 23.0 Å². The third kappa shape index (κ3) is 2.31. The molecule has 20 heavy (non-hydrogen) atoms. The van der Waals surface area contributed by atoms with Crippen LogP contribution in [0.4, 0.5) is 0 Å². The Morgan fingerprint density at radius 1 is 1.25 bits per heavy atom. The molecule has 5 nitrogen and oxygen atoms in total. The minimum Gasteiger partial charge on any atom is -0.352 e. The lowest BCUT2D eigenvalue weighted by Crippen LogP contribution is -1.80. The van der Waals surface area contributed by atoms with Gasteiger partial charge in [0.05, 0.1) is 5.56 Å². The molecule has 0 aliphatic rings. The lowest BCUT2D eigenvalue weighted by Gasteiger charge is -1.96. The summed E-state index contributed by atoms with van der Waals surface area (Å²) in [4.78, 5) is 8.35. The third-order valence-corrected chi connectivity index (χ3v) is 3.57. The monoisotopic (exact) mass is 282 g/mol. The topological polar surface area (TPSA) is 78.5 Å². The lowest BCUT2D eigenvalue weighted by atomic mass is 10.2. The molecule has 0 saturated carbocycles. The van der Waals surface area contributed by atoms with Gasteiger partial charge in [-0.05, 0) is 36.6 Å². The van der Waals surface area contributed by atoms with Gasteiger partial charge in [0.2, 0.25) is 5.82 Å². The highest BCUT2D eigenvalue weighted by Gasteiger charge is 2.12. The van der Waals surface area contributed by atoms with Crippen LogP contribution >= 0.6 is 11.8 Å². The van der Waals surface area contributed by atoms with Crippen LogP contribution in [0.25, 0.3) is 22.8 Å². The summed E-state index contributed by atoms with van der Waals surface area (Å²) < 4.78 is 5.22. The van der Waals surface area contributed by atoms with Gasteiger partial charge in [0, 0.05) is 16.7 Å². The smallest absolute Gasteiger partial charge is 0.259 e. The molecule has 0 unspecified atom stereocenters. The van der Waals surface area contributed by atoms with Crippen molar-refractivity contribution in [1.29, 1.82) is 5.26 Å². The van der Waals surface area contributed by atoms with Crippen LogP contribution in [0.3, 0.4) is 0 Å². The quantitative estimate of drug-likeness (QED) is 0.745. The van der Waals surface area contributed by atoms with E-state index in [0.717, 1.165) is 5.56 Å². The van der Waals surface area contributed by atoms with Crippen LogP contribution < -0.4 is 0 Å². The first-order valence-corrected chi connectivity index (χ1v) is 7.09. The Morgan fingerprint density at radius 2 is 2.05 bits per heavy atom. The number of H-pyrrole nitrogens is 1. The van der Waals surface area contributed by atoms with Gasteiger partial charge in [0.1, 0.15) is 11.8 Å². The Balaban J connectivity index is 1.91. The zero-order chi connectivity index (χ0) is 13.9. The van der Waals surface area contributed by atoms with E-state index in [4.69, 9.17) is 9.78 Å². The van der Waals surface area contributed by atoms with Crippen molar-refractivity contribution in [3.05, 3.63) is 42.2 Å². The fourth-order valence-corrected chi connectivity index (χ4v) is 2.19. The highest BCUT2D eigenvalue weighted by Crippen LogP contribution is 2.24. The van der Waals surface area contributed by atoms with Gasteiger partial charge in [-0.3, -0.25) is 0 Å². The van der Waals surface area contributed by atoms with Crippen LogP contribution in [0, 0.1) is 11.3 Å². The number of benzene rings is 1. The van der Waals surface area contributed by atoms with Crippen molar-refractivity contribution < 1.29 is 4.52 Å². The first kappa shape index (κ1) is 12.5. The SMILES string of the molecule is CSc1ccc(-c2noc(-c3c[nH]c(C#N)c3)n2)cc1. The van der Waals surface area contributed by atoms with Gasteiger partial charge in [-0.15, -0.1) is 11.8 Å². The molecule has 0 spiro atoms. The molecule has 0 aliphatic heterocycles. The van der Waals surface area contributed by atoms with Crippen LogP contribution in [0.5, 0.6) is 0 Å². The van der Waals surface area contributed by atoms with Crippen LogP contribution in [0.1, 0.15) is 5.69 Å². The molecule has 3 aromatic rings. The van der Waals surface area contributed by atoms with Gasteiger partial charge in [-0.1, -0.05) is 5.16 Å². The maximum absolute atomic E-state index is 8.78. The van der Waals surface area contributed by atoms with Crippen LogP contribution in [-0.4, -0.2) is 21.4 Å². The molecule has 0 bridgehead atoms. The molecule has 0 fully saturated rings. The average molecular weight is 282 g/mol. The fourth-order valence-electron chi connectivity index (χ4n) is 1.78. The predicted molar refractivity (Wildman–Crippen MR) is 76.0 cm³/mol. The molecule has 0 radical (unpaired) electrons. The van der Waals surface area contributed by atoms with E-state index in [2.05, 4.69) is 15.1 Å². The van der Waals surface area contributed by atoms with Crippen LogP contribution in [-0.2, 0) is 0 Å². The second-order valence-electron chi connectivity index (χ2n) is 4.07. The van der Waals surface area contributed by atoms with Gasteiger partial charge in [0.15, 0.2) is 0 Å². The molecule has 0 saturated heterocycles. The van der Waals surface area contributed by atoms with E-state index in [9.17, 15) is 0 Å². The van der Waals surface area contributed by atoms with Gasteiger partial charge < -0.3 is 9.51 Å². The number of hydrogen-bond acceptors (Lipinski definition) is 5. The first-order valence-electron chi connectivity index (χ1n) is 5.87. The number of nitrogens with one attached hydrogen (secondary N) is 1. The fraction of sp³-hybridized carbons (Fsp3) is 0.0714. The lowest BCUT2D eigenvalue weighted by molar-refractivity contribution is 0.432. The first-order chi connectivity index (χ1) is 9.80. The molecule has 1 aromatic carbocycles. The molecule has 1 N–H and O–H groups in total. The zero-order valence-corrected chi connectivity index (χ0v) is 11.4. The van der Waals surface area contributed by atoms with Gasteiger partial charge >= 0.3 is 0 Å². The van der Waals surface area contributed by atoms with Crippen molar-refractivity contribution in [3.8, 4) is 28.9 Å². The molecule has 3 rings (SSSR count). The number of nitrogens with zero attached hydrogens (tertiary/aromatic N) is 3. The average Bonchev–Trinajstić information content (AvgIpc) is 3.16. The summed E-state index contributed by atoms with van der Waals surface area (Å²) in [7, 11) is 0. The Bertz CT molecular complexity index is 767. The Labute approximate surface area is 119 Å². The molecular formula is C14H10N4OS. The highest BCUT2D eigenvalue weighted by atomic mass is 32.2. The third-order valence-electron chi connectivity index (χ3n) is 2.82. The minimum atomic E-state index is 0.395. The molecule has 0 atom stereocenters. The van der Waals surface area contributed by atoms with Crippen molar-refractivity contribution >= 4 is 11.8 Å². The highest BCUT2D eigenvalue weighted by molar-refractivity contribution is 7.98. The van der Waals surface area contributed by atoms with E-state index >= 15 is 0 Å². The number of hydrogen-bond donors (Lipinski definition) is 1. The van der Waals surface area contributed by atoms with Gasteiger partial charge in [-0.2, -0.15) is 10.2 Å². The Kier molecular flexibility index (Phi) is 3.27. The minimum absolute atomic E-state index is 0.395. The number of thioether (sulfide) groups is 1. The number of nitriles is 1. The molecule has 2 heterocycles. The normalized spacial score (nSPS) is 10.4. The van der Waals surface area contributed by atoms with E-state index in [-0.39, 0.29) is 0 Å². The van der Waals surface area contributed by atoms with Crippen molar-refractivity contribution in [2.24, 2.45) is 0 Å². The largest absolute Gasteiger partial charge is 0.352 e.